The number of fused-ring (bicyclic) bond motifs is 1. The normalized spacial score (nSPS) is 11.2. The van der Waals surface area contributed by atoms with Gasteiger partial charge in [-0.05, 0) is 54.3 Å². The van der Waals surface area contributed by atoms with E-state index in [1.807, 2.05) is 66.7 Å². The van der Waals surface area contributed by atoms with Crippen LogP contribution in [-0.4, -0.2) is 28.0 Å². The first kappa shape index (κ1) is 27.5. The van der Waals surface area contributed by atoms with E-state index in [-0.39, 0.29) is 12.2 Å². The maximum absolute atomic E-state index is 13.8. The van der Waals surface area contributed by atoms with Crippen LogP contribution in [0.25, 0.3) is 32.6 Å². The number of hydrogen-bond acceptors (Lipinski definition) is 5. The van der Waals surface area contributed by atoms with Gasteiger partial charge in [0.1, 0.15) is 0 Å². The number of nitrogens with two attached hydrogens (primary N) is 1. The smallest absolute Gasteiger partial charge is 0.247 e. The first-order chi connectivity index (χ1) is 19.6. The Balaban J connectivity index is 1.52. The molecule has 2 aromatic heterocycles. The quantitative estimate of drug-likeness (QED) is 0.0685. The molecule has 5 rings (SSSR count). The monoisotopic (exact) mass is 551 g/mol. The molecule has 204 valence electrons. The fourth-order valence-electron chi connectivity index (χ4n) is 5.11. The Morgan fingerprint density at radius 3 is 2.23 bits per heavy atom. The van der Waals surface area contributed by atoms with E-state index in [9.17, 15) is 9.59 Å². The van der Waals surface area contributed by atoms with Crippen molar-refractivity contribution in [3.63, 3.8) is 0 Å². The van der Waals surface area contributed by atoms with E-state index < -0.39 is 5.91 Å². The minimum Gasteiger partial charge on any atom is -0.340 e. The SMILES string of the molecule is NCCCCCCn1c(-c2ccccc2)cc2ccc(C(=O)c3cc(CC(=O)NO)c(-c4ccccc4)s3)cc21. The molecule has 0 unspecified atom stereocenters. The number of amides is 1. The maximum Gasteiger partial charge on any atom is 0.247 e. The van der Waals surface area contributed by atoms with Crippen LogP contribution in [0.3, 0.4) is 0 Å². The van der Waals surface area contributed by atoms with Gasteiger partial charge in [0.25, 0.3) is 0 Å². The van der Waals surface area contributed by atoms with Crippen LogP contribution in [0.5, 0.6) is 0 Å². The fourth-order valence-corrected chi connectivity index (χ4v) is 6.26. The average Bonchev–Trinajstić information content (AvgIpc) is 3.58. The minimum atomic E-state index is -0.520. The van der Waals surface area contributed by atoms with Crippen LogP contribution < -0.4 is 11.2 Å². The predicted octanol–water partition coefficient (Wildman–Crippen LogP) is 6.83. The van der Waals surface area contributed by atoms with E-state index in [1.54, 1.807) is 11.5 Å². The molecule has 3 aromatic carbocycles. The molecule has 0 aliphatic rings. The number of unbranched alkanes of at least 4 members (excludes halogenated alkanes) is 3. The van der Waals surface area contributed by atoms with Gasteiger partial charge < -0.3 is 10.3 Å². The van der Waals surface area contributed by atoms with E-state index in [1.165, 1.54) is 11.3 Å². The van der Waals surface area contributed by atoms with Gasteiger partial charge in [-0.25, -0.2) is 5.48 Å². The lowest BCUT2D eigenvalue weighted by molar-refractivity contribution is -0.128. The second-order valence-electron chi connectivity index (χ2n) is 9.90. The van der Waals surface area contributed by atoms with E-state index >= 15 is 0 Å². The third-order valence-corrected chi connectivity index (χ3v) is 8.34. The fraction of sp³-hybridized carbons (Fsp3) is 0.212. The lowest BCUT2D eigenvalue weighted by Crippen LogP contribution is -2.20. The van der Waals surface area contributed by atoms with E-state index in [2.05, 4.69) is 22.8 Å². The largest absolute Gasteiger partial charge is 0.340 e. The number of aromatic nitrogens is 1. The highest BCUT2D eigenvalue weighted by atomic mass is 32.1. The zero-order valence-corrected chi connectivity index (χ0v) is 23.1. The summed E-state index contributed by atoms with van der Waals surface area (Å²) < 4.78 is 2.32. The van der Waals surface area contributed by atoms with Gasteiger partial charge in [-0.15, -0.1) is 11.3 Å². The zero-order valence-electron chi connectivity index (χ0n) is 22.3. The van der Waals surface area contributed by atoms with Crippen LogP contribution >= 0.6 is 11.3 Å². The third-order valence-electron chi connectivity index (χ3n) is 7.12. The molecule has 5 aromatic rings. The maximum atomic E-state index is 13.8. The lowest BCUT2D eigenvalue weighted by atomic mass is 10.0. The van der Waals surface area contributed by atoms with Gasteiger partial charge >= 0.3 is 0 Å². The van der Waals surface area contributed by atoms with Gasteiger partial charge in [-0.1, -0.05) is 85.6 Å². The van der Waals surface area contributed by atoms with Gasteiger partial charge in [-0.2, -0.15) is 0 Å². The summed E-state index contributed by atoms with van der Waals surface area (Å²) in [6.07, 6.45) is 4.26. The molecule has 0 saturated carbocycles. The van der Waals surface area contributed by atoms with Gasteiger partial charge in [0.15, 0.2) is 0 Å². The Bertz CT molecular complexity index is 1610. The summed E-state index contributed by atoms with van der Waals surface area (Å²) in [5, 5.41) is 10.2. The number of carbonyl (C=O) groups is 2. The lowest BCUT2D eigenvalue weighted by Gasteiger charge is -2.12. The summed E-state index contributed by atoms with van der Waals surface area (Å²) >= 11 is 1.37. The number of ketones is 1. The van der Waals surface area contributed by atoms with Crippen molar-refractivity contribution in [3.8, 4) is 21.7 Å². The summed E-state index contributed by atoms with van der Waals surface area (Å²) in [4.78, 5) is 27.2. The highest BCUT2D eigenvalue weighted by Gasteiger charge is 2.20. The molecule has 1 amide bonds. The molecule has 4 N–H and O–H groups in total. The summed E-state index contributed by atoms with van der Waals surface area (Å²) in [6.45, 7) is 1.57. The minimum absolute atomic E-state index is 0.0169. The summed E-state index contributed by atoms with van der Waals surface area (Å²) in [7, 11) is 0. The number of benzene rings is 3. The van der Waals surface area contributed by atoms with Gasteiger partial charge in [-0.3, -0.25) is 14.8 Å². The van der Waals surface area contributed by atoms with Crippen LogP contribution in [0, 0.1) is 0 Å². The molecule has 40 heavy (non-hydrogen) atoms. The topological polar surface area (TPSA) is 97.4 Å². The molecule has 0 aliphatic heterocycles. The van der Waals surface area contributed by atoms with E-state index in [0.717, 1.165) is 64.8 Å². The van der Waals surface area contributed by atoms with Gasteiger partial charge in [0, 0.05) is 33.6 Å². The number of hydroxylamine groups is 1. The molecule has 0 spiro atoms. The number of aryl methyl sites for hydroxylation is 1. The summed E-state index contributed by atoms with van der Waals surface area (Å²) in [5.41, 5.74) is 12.9. The van der Waals surface area contributed by atoms with Gasteiger partial charge in [0.2, 0.25) is 11.7 Å². The van der Waals surface area contributed by atoms with Crippen molar-refractivity contribution in [1.82, 2.24) is 10.0 Å². The van der Waals surface area contributed by atoms with Crippen molar-refractivity contribution < 1.29 is 14.8 Å². The van der Waals surface area contributed by atoms with Crippen LogP contribution in [0.1, 0.15) is 46.5 Å². The van der Waals surface area contributed by atoms with E-state index in [0.29, 0.717) is 22.5 Å². The average molecular weight is 552 g/mol. The highest BCUT2D eigenvalue weighted by Crippen LogP contribution is 2.35. The second kappa shape index (κ2) is 12.9. The zero-order chi connectivity index (χ0) is 27.9. The first-order valence-corrected chi connectivity index (χ1v) is 14.4. The number of thiophene rings is 1. The Morgan fingerprint density at radius 1 is 0.825 bits per heavy atom. The molecule has 0 radical (unpaired) electrons. The molecule has 0 aliphatic carbocycles. The van der Waals surface area contributed by atoms with Crippen molar-refractivity contribution in [2.75, 3.05) is 6.54 Å². The Hall–Kier alpha value is -4.04. The molecule has 0 atom stereocenters. The highest BCUT2D eigenvalue weighted by molar-refractivity contribution is 7.17. The number of hydrogen-bond donors (Lipinski definition) is 3. The Morgan fingerprint density at radius 2 is 1.52 bits per heavy atom. The predicted molar refractivity (Wildman–Crippen MR) is 162 cm³/mol. The van der Waals surface area contributed by atoms with E-state index in [4.69, 9.17) is 10.9 Å². The van der Waals surface area contributed by atoms with Crippen LogP contribution in [0.15, 0.2) is 91.0 Å². The van der Waals surface area contributed by atoms with Crippen molar-refractivity contribution >= 4 is 33.9 Å². The molecular weight excluding hydrogens is 518 g/mol. The molecular formula is C33H33N3O3S. The standard InChI is InChI=1S/C33H33N3O3S/c34-17-9-1-2-10-18-36-28(23-11-5-3-6-12-23)19-25-15-16-26(20-29(25)36)32(38)30-21-27(22-31(37)35-39)33(40-30)24-13-7-4-8-14-24/h3-8,11-16,19-21,39H,1-2,9-10,17-18,22,34H2,(H,35,37). The Labute approximate surface area is 238 Å². The van der Waals surface area contributed by atoms with Gasteiger partial charge in [0.05, 0.1) is 11.3 Å². The number of carbonyl (C=O) groups excluding carboxylic acids is 2. The molecule has 0 bridgehead atoms. The second-order valence-corrected chi connectivity index (χ2v) is 10.9. The summed E-state index contributed by atoms with van der Waals surface area (Å²) in [5.74, 6) is -0.607. The van der Waals surface area contributed by atoms with Crippen LogP contribution in [0.4, 0.5) is 0 Å². The van der Waals surface area contributed by atoms with Crippen molar-refractivity contribution in [2.45, 2.75) is 38.6 Å². The molecule has 6 nitrogen and oxygen atoms in total. The first-order valence-electron chi connectivity index (χ1n) is 13.6. The third kappa shape index (κ3) is 6.07. The van der Waals surface area contributed by atoms with Crippen molar-refractivity contribution in [3.05, 3.63) is 107 Å². The van der Waals surface area contributed by atoms with Crippen LogP contribution in [-0.2, 0) is 17.8 Å². The van der Waals surface area contributed by atoms with Crippen LogP contribution in [0.2, 0.25) is 0 Å². The molecule has 0 saturated heterocycles. The molecule has 2 heterocycles. The number of nitrogens with one attached hydrogen (secondary N) is 1. The number of nitrogens with zero attached hydrogens (tertiary/aromatic N) is 1. The Kier molecular flexibility index (Phi) is 8.86. The molecule has 0 fully saturated rings. The summed E-state index contributed by atoms with van der Waals surface area (Å²) in [6, 6.07) is 29.9. The van der Waals surface area contributed by atoms with Crippen molar-refractivity contribution in [1.29, 1.82) is 0 Å². The number of rotatable bonds is 12. The molecule has 7 heteroatoms. The van der Waals surface area contributed by atoms with Crippen molar-refractivity contribution in [2.24, 2.45) is 5.73 Å².